The number of pyridine rings is 1. The van der Waals surface area contributed by atoms with Gasteiger partial charge in [0, 0.05) is 11.6 Å². The van der Waals surface area contributed by atoms with Crippen LogP contribution >= 0.6 is 0 Å². The Morgan fingerprint density at radius 2 is 1.54 bits per heavy atom. The monoisotopic (exact) mass is 327 g/mol. The van der Waals surface area contributed by atoms with E-state index in [-0.39, 0.29) is 11.4 Å². The van der Waals surface area contributed by atoms with E-state index in [4.69, 9.17) is 14.2 Å². The van der Waals surface area contributed by atoms with Gasteiger partial charge in [-0.1, -0.05) is 12.1 Å². The van der Waals surface area contributed by atoms with Gasteiger partial charge >= 0.3 is 0 Å². The Balaban J connectivity index is 2.35. The smallest absolute Gasteiger partial charge is 0.231 e. The quantitative estimate of drug-likeness (QED) is 0.770. The number of benzene rings is 2. The minimum atomic E-state index is -0.495. The first-order chi connectivity index (χ1) is 11.6. The molecule has 1 aromatic heterocycles. The number of aromatic nitrogens is 1. The molecule has 124 valence electrons. The fourth-order valence-corrected chi connectivity index (χ4v) is 2.65. The average Bonchev–Trinajstić information content (AvgIpc) is 2.63. The van der Waals surface area contributed by atoms with Crippen molar-refractivity contribution >= 4 is 10.9 Å². The van der Waals surface area contributed by atoms with Crippen LogP contribution < -0.4 is 19.6 Å². The Hall–Kier alpha value is -3.15. The minimum Gasteiger partial charge on any atom is -0.503 e. The van der Waals surface area contributed by atoms with Crippen LogP contribution in [0.3, 0.4) is 0 Å². The van der Waals surface area contributed by atoms with Crippen molar-refractivity contribution in [3.63, 3.8) is 0 Å². The zero-order valence-corrected chi connectivity index (χ0v) is 13.5. The maximum Gasteiger partial charge on any atom is 0.231 e. The summed E-state index contributed by atoms with van der Waals surface area (Å²) in [7, 11) is 4.53. The van der Waals surface area contributed by atoms with Gasteiger partial charge in [-0.2, -0.15) is 0 Å². The highest BCUT2D eigenvalue weighted by Crippen LogP contribution is 2.36. The van der Waals surface area contributed by atoms with Gasteiger partial charge in [-0.05, 0) is 18.2 Å². The molecule has 24 heavy (non-hydrogen) atoms. The third-order valence-corrected chi connectivity index (χ3v) is 3.86. The van der Waals surface area contributed by atoms with Crippen molar-refractivity contribution in [1.82, 2.24) is 4.98 Å². The summed E-state index contributed by atoms with van der Waals surface area (Å²) in [5, 5.41) is 10.7. The molecule has 0 saturated carbocycles. The number of H-pyrrole nitrogens is 1. The number of fused-ring (bicyclic) bond motifs is 1. The predicted octanol–water partition coefficient (Wildman–Crippen LogP) is 2.93. The van der Waals surface area contributed by atoms with Crippen molar-refractivity contribution in [2.24, 2.45) is 0 Å². The van der Waals surface area contributed by atoms with E-state index in [9.17, 15) is 9.90 Å². The normalized spacial score (nSPS) is 10.6. The van der Waals surface area contributed by atoms with Crippen LogP contribution in [0, 0.1) is 0 Å². The molecular weight excluding hydrogens is 310 g/mol. The topological polar surface area (TPSA) is 80.8 Å². The first kappa shape index (κ1) is 15.7. The summed E-state index contributed by atoms with van der Waals surface area (Å²) in [6.45, 7) is 0. The summed E-state index contributed by atoms with van der Waals surface area (Å²) in [5.41, 5.74) is 0.908. The fourth-order valence-electron chi connectivity index (χ4n) is 2.65. The van der Waals surface area contributed by atoms with Crippen molar-refractivity contribution in [3.05, 3.63) is 46.6 Å². The molecule has 6 heteroatoms. The number of aromatic amines is 1. The molecular formula is C18H17NO5. The van der Waals surface area contributed by atoms with Crippen molar-refractivity contribution in [3.8, 4) is 34.3 Å². The molecule has 1 heterocycles. The summed E-state index contributed by atoms with van der Waals surface area (Å²) in [6, 6.07) is 10.3. The summed E-state index contributed by atoms with van der Waals surface area (Å²) in [4.78, 5) is 15.7. The Morgan fingerprint density at radius 1 is 0.917 bits per heavy atom. The minimum absolute atomic E-state index is 0.289. The van der Waals surface area contributed by atoms with E-state index in [1.165, 1.54) is 21.3 Å². The first-order valence-electron chi connectivity index (χ1n) is 7.25. The molecule has 0 fully saturated rings. The molecule has 0 amide bonds. The van der Waals surface area contributed by atoms with E-state index >= 15 is 0 Å². The lowest BCUT2D eigenvalue weighted by Gasteiger charge is -2.13. The number of rotatable bonds is 4. The molecule has 0 saturated heterocycles. The summed E-state index contributed by atoms with van der Waals surface area (Å²) >= 11 is 0. The van der Waals surface area contributed by atoms with Crippen LogP contribution in [0.2, 0.25) is 0 Å². The Bertz CT molecular complexity index is 962. The molecule has 0 atom stereocenters. The molecule has 0 aliphatic carbocycles. The molecule has 2 aromatic carbocycles. The molecule has 0 radical (unpaired) electrons. The lowest BCUT2D eigenvalue weighted by molar-refractivity contribution is 0.355. The maximum atomic E-state index is 12.6. The summed E-state index contributed by atoms with van der Waals surface area (Å²) in [5.74, 6) is 1.07. The van der Waals surface area contributed by atoms with Crippen molar-refractivity contribution in [2.75, 3.05) is 21.3 Å². The second kappa shape index (κ2) is 6.16. The molecule has 2 N–H and O–H groups in total. The molecule has 0 unspecified atom stereocenters. The zero-order valence-electron chi connectivity index (χ0n) is 13.5. The van der Waals surface area contributed by atoms with Gasteiger partial charge in [0.1, 0.15) is 5.75 Å². The molecule has 6 nitrogen and oxygen atoms in total. The van der Waals surface area contributed by atoms with E-state index in [1.54, 1.807) is 30.3 Å². The van der Waals surface area contributed by atoms with E-state index in [1.807, 2.05) is 6.07 Å². The number of methoxy groups -OCH3 is 3. The average molecular weight is 327 g/mol. The van der Waals surface area contributed by atoms with E-state index < -0.39 is 5.43 Å². The van der Waals surface area contributed by atoms with Gasteiger partial charge in [0.2, 0.25) is 5.43 Å². The molecule has 3 aromatic rings. The predicted molar refractivity (Wildman–Crippen MR) is 91.3 cm³/mol. The van der Waals surface area contributed by atoms with E-state index in [0.717, 1.165) is 0 Å². The third kappa shape index (κ3) is 2.42. The second-order valence-corrected chi connectivity index (χ2v) is 5.13. The highest BCUT2D eigenvalue weighted by molar-refractivity contribution is 5.88. The van der Waals surface area contributed by atoms with Crippen LogP contribution in [0.25, 0.3) is 22.2 Å². The summed E-state index contributed by atoms with van der Waals surface area (Å²) < 4.78 is 15.8. The van der Waals surface area contributed by atoms with Crippen molar-refractivity contribution in [2.45, 2.75) is 0 Å². The van der Waals surface area contributed by atoms with Crippen LogP contribution in [0.1, 0.15) is 0 Å². The molecule has 0 aliphatic heterocycles. The number of para-hydroxylation sites is 1. The van der Waals surface area contributed by atoms with Gasteiger partial charge < -0.3 is 24.3 Å². The Kier molecular flexibility index (Phi) is 4.04. The Labute approximate surface area is 138 Å². The van der Waals surface area contributed by atoms with Crippen LogP contribution in [0.4, 0.5) is 0 Å². The highest BCUT2D eigenvalue weighted by Gasteiger charge is 2.17. The lowest BCUT2D eigenvalue weighted by Crippen LogP contribution is -2.06. The third-order valence-electron chi connectivity index (χ3n) is 3.86. The van der Waals surface area contributed by atoms with Crippen molar-refractivity contribution < 1.29 is 19.3 Å². The number of aromatic hydroxyl groups is 1. The maximum absolute atomic E-state index is 12.6. The molecule has 0 aliphatic rings. The Morgan fingerprint density at radius 3 is 2.21 bits per heavy atom. The van der Waals surface area contributed by atoms with Gasteiger partial charge in [-0.15, -0.1) is 0 Å². The number of hydrogen-bond acceptors (Lipinski definition) is 5. The second-order valence-electron chi connectivity index (χ2n) is 5.13. The standard InChI is InChI=1S/C18H17NO5/c1-22-13-7-5-4-6-10(13)16-18(21)17(20)11-8-14(23-2)15(24-3)9-12(11)19-16/h4-9,21H,1-3H3,(H,19,20). The van der Waals surface area contributed by atoms with E-state index in [0.29, 0.717) is 33.7 Å². The lowest BCUT2D eigenvalue weighted by atomic mass is 10.1. The van der Waals surface area contributed by atoms with Gasteiger partial charge in [0.25, 0.3) is 0 Å². The highest BCUT2D eigenvalue weighted by atomic mass is 16.5. The zero-order chi connectivity index (χ0) is 17.3. The van der Waals surface area contributed by atoms with E-state index in [2.05, 4.69) is 4.98 Å². The number of nitrogens with one attached hydrogen (secondary N) is 1. The van der Waals surface area contributed by atoms with Gasteiger partial charge in [0.15, 0.2) is 17.2 Å². The van der Waals surface area contributed by atoms with Crippen molar-refractivity contribution in [1.29, 1.82) is 0 Å². The van der Waals surface area contributed by atoms with Crippen LogP contribution in [-0.2, 0) is 0 Å². The van der Waals surface area contributed by atoms with Gasteiger partial charge in [-0.25, -0.2) is 0 Å². The summed E-state index contributed by atoms with van der Waals surface area (Å²) in [6.07, 6.45) is 0. The largest absolute Gasteiger partial charge is 0.503 e. The molecule has 0 spiro atoms. The SMILES string of the molecule is COc1cc2[nH]c(-c3ccccc3OC)c(O)c(=O)c2cc1OC. The van der Waals surface area contributed by atoms with Crippen LogP contribution in [-0.4, -0.2) is 31.4 Å². The van der Waals surface area contributed by atoms with Crippen LogP contribution in [0.15, 0.2) is 41.2 Å². The first-order valence-corrected chi connectivity index (χ1v) is 7.25. The molecule has 3 rings (SSSR count). The number of hydrogen-bond donors (Lipinski definition) is 2. The van der Waals surface area contributed by atoms with Crippen LogP contribution in [0.5, 0.6) is 23.0 Å². The van der Waals surface area contributed by atoms with Gasteiger partial charge in [0.05, 0.1) is 37.9 Å². The van der Waals surface area contributed by atoms with Gasteiger partial charge in [-0.3, -0.25) is 4.79 Å². The number of ether oxygens (including phenoxy) is 3. The molecule has 0 bridgehead atoms. The fraction of sp³-hybridized carbons (Fsp3) is 0.167.